The van der Waals surface area contributed by atoms with Gasteiger partial charge in [0.05, 0.1) is 16.3 Å². The minimum atomic E-state index is -1.07. The lowest BCUT2D eigenvalue weighted by Crippen LogP contribution is -2.48. The van der Waals surface area contributed by atoms with Gasteiger partial charge in [-0.3, -0.25) is 4.99 Å². The van der Waals surface area contributed by atoms with Gasteiger partial charge in [0.1, 0.15) is 5.82 Å². The largest absolute Gasteiger partial charge is 0.478 e. The predicted molar refractivity (Wildman–Crippen MR) is 112 cm³/mol. The van der Waals surface area contributed by atoms with Crippen molar-refractivity contribution >= 4 is 35.2 Å². The quantitative estimate of drug-likeness (QED) is 0.634. The molecule has 0 bridgehead atoms. The minimum absolute atomic E-state index is 0.0337. The first-order valence-corrected chi connectivity index (χ1v) is 9.70. The summed E-state index contributed by atoms with van der Waals surface area (Å²) in [5, 5.41) is 9.43. The van der Waals surface area contributed by atoms with Crippen molar-refractivity contribution in [3.8, 4) is 0 Å². The Morgan fingerprint density at radius 2 is 2.11 bits per heavy atom. The molecule has 0 aliphatic carbocycles. The summed E-state index contributed by atoms with van der Waals surface area (Å²) >= 11 is 6.11. The average Bonchev–Trinajstić information content (AvgIpc) is 2.61. The molecule has 4 nitrogen and oxygen atoms in total. The van der Waals surface area contributed by atoms with Gasteiger partial charge in [0.2, 0.25) is 0 Å². The summed E-state index contributed by atoms with van der Waals surface area (Å²) in [7, 11) is 0. The van der Waals surface area contributed by atoms with E-state index in [1.807, 2.05) is 6.07 Å². The maximum Gasteiger partial charge on any atom is 0.335 e. The Morgan fingerprint density at radius 3 is 2.75 bits per heavy atom. The molecule has 0 amide bonds. The topological polar surface area (TPSA) is 52.9 Å². The normalized spacial score (nSPS) is 18.4. The second kappa shape index (κ2) is 7.55. The first-order valence-electron chi connectivity index (χ1n) is 9.32. The van der Waals surface area contributed by atoms with Crippen LogP contribution in [-0.4, -0.2) is 29.4 Å². The molecule has 1 N–H and O–H groups in total. The van der Waals surface area contributed by atoms with Crippen LogP contribution in [0.15, 0.2) is 35.3 Å². The van der Waals surface area contributed by atoms with Crippen LogP contribution in [0.3, 0.4) is 0 Å². The molecule has 0 saturated heterocycles. The molecule has 0 saturated carbocycles. The number of rotatable bonds is 4. The molecule has 0 spiro atoms. The molecule has 6 heteroatoms. The Bertz CT molecular complexity index is 956. The van der Waals surface area contributed by atoms with Crippen molar-refractivity contribution in [2.75, 3.05) is 11.4 Å². The number of benzene rings is 2. The summed E-state index contributed by atoms with van der Waals surface area (Å²) in [5.74, 6) is -1.14. The van der Waals surface area contributed by atoms with Crippen LogP contribution in [-0.2, 0) is 0 Å². The highest BCUT2D eigenvalue weighted by Crippen LogP contribution is 2.43. The Hall–Kier alpha value is -2.40. The number of aliphatic imine (C=N–C) groups is 1. The highest BCUT2D eigenvalue weighted by atomic mass is 35.5. The van der Waals surface area contributed by atoms with Crippen LogP contribution in [0.1, 0.15) is 61.5 Å². The van der Waals surface area contributed by atoms with Crippen molar-refractivity contribution in [1.29, 1.82) is 0 Å². The zero-order chi connectivity index (χ0) is 20.6. The van der Waals surface area contributed by atoms with Crippen LogP contribution < -0.4 is 4.90 Å². The summed E-state index contributed by atoms with van der Waals surface area (Å²) < 4.78 is 14.8. The van der Waals surface area contributed by atoms with Gasteiger partial charge in [-0.15, -0.1) is 0 Å². The highest BCUT2D eigenvalue weighted by molar-refractivity contribution is 6.33. The molecule has 1 unspecified atom stereocenters. The van der Waals surface area contributed by atoms with Gasteiger partial charge in [0.15, 0.2) is 0 Å². The Balaban J connectivity index is 2.02. The zero-order valence-corrected chi connectivity index (χ0v) is 17.2. The van der Waals surface area contributed by atoms with Gasteiger partial charge >= 0.3 is 5.97 Å². The zero-order valence-electron chi connectivity index (χ0n) is 16.5. The molecule has 0 radical (unpaired) electrons. The predicted octanol–water partition coefficient (Wildman–Crippen LogP) is 6.04. The third kappa shape index (κ3) is 3.76. The maximum atomic E-state index is 14.8. The van der Waals surface area contributed by atoms with E-state index in [0.29, 0.717) is 22.2 Å². The molecular formula is C22H24ClFN2O2. The fraction of sp³-hybridized carbons (Fsp3) is 0.364. The van der Waals surface area contributed by atoms with E-state index in [9.17, 15) is 9.18 Å². The Kier molecular flexibility index (Phi) is 5.48. The standard InChI is InChI=1S/C22H24ClFN2O2/c1-5-26-20-10-18(24)15(8-16(20)13(2)11-22(26,3)4)12-25-19-9-14(21(27)28)6-7-17(19)23/h6-10,12-13H,5,11H2,1-4H3,(H,27,28). The second-order valence-corrected chi connectivity index (χ2v) is 8.23. The van der Waals surface area contributed by atoms with Crippen molar-refractivity contribution in [2.24, 2.45) is 4.99 Å². The third-order valence-corrected chi connectivity index (χ3v) is 5.68. The van der Waals surface area contributed by atoms with Gasteiger partial charge in [0.25, 0.3) is 0 Å². The van der Waals surface area contributed by atoms with Gasteiger partial charge < -0.3 is 10.0 Å². The Labute approximate surface area is 169 Å². The van der Waals surface area contributed by atoms with Crippen molar-refractivity contribution in [3.63, 3.8) is 0 Å². The third-order valence-electron chi connectivity index (χ3n) is 5.36. The Morgan fingerprint density at radius 1 is 1.39 bits per heavy atom. The van der Waals surface area contributed by atoms with E-state index in [0.717, 1.165) is 24.2 Å². The second-order valence-electron chi connectivity index (χ2n) is 7.82. The van der Waals surface area contributed by atoms with E-state index < -0.39 is 5.97 Å². The first-order chi connectivity index (χ1) is 13.1. The van der Waals surface area contributed by atoms with E-state index in [-0.39, 0.29) is 16.9 Å². The van der Waals surface area contributed by atoms with Crippen LogP contribution in [0, 0.1) is 5.82 Å². The van der Waals surface area contributed by atoms with E-state index in [4.69, 9.17) is 16.7 Å². The molecule has 3 rings (SSSR count). The number of carboxylic acid groups (broad SMARTS) is 1. The SMILES string of the molecule is CCN1c2cc(F)c(C=Nc3cc(C(=O)O)ccc3Cl)cc2C(C)CC1(C)C. The van der Waals surface area contributed by atoms with Gasteiger partial charge in [-0.25, -0.2) is 9.18 Å². The molecule has 2 aromatic rings. The number of hydrogen-bond acceptors (Lipinski definition) is 3. The number of anilines is 1. The summed E-state index contributed by atoms with van der Waals surface area (Å²) in [6.45, 7) is 9.39. The maximum absolute atomic E-state index is 14.8. The number of halogens is 2. The summed E-state index contributed by atoms with van der Waals surface area (Å²) in [4.78, 5) is 17.6. The van der Waals surface area contributed by atoms with E-state index in [1.54, 1.807) is 6.07 Å². The van der Waals surface area contributed by atoms with Crippen LogP contribution in [0.4, 0.5) is 15.8 Å². The summed E-state index contributed by atoms with van der Waals surface area (Å²) in [6, 6.07) is 7.68. The lowest BCUT2D eigenvalue weighted by atomic mass is 9.79. The molecule has 148 valence electrons. The first kappa shape index (κ1) is 20.3. The lowest BCUT2D eigenvalue weighted by molar-refractivity contribution is 0.0697. The molecule has 1 aliphatic heterocycles. The molecular weight excluding hydrogens is 379 g/mol. The summed E-state index contributed by atoms with van der Waals surface area (Å²) in [5.41, 5.74) is 2.72. The van der Waals surface area contributed by atoms with Crippen LogP contribution in [0.25, 0.3) is 0 Å². The van der Waals surface area contributed by atoms with Crippen molar-refractivity contribution in [3.05, 3.63) is 57.9 Å². The van der Waals surface area contributed by atoms with E-state index >= 15 is 0 Å². The summed E-state index contributed by atoms with van der Waals surface area (Å²) in [6.07, 6.45) is 2.38. The number of hydrogen-bond donors (Lipinski definition) is 1. The van der Waals surface area contributed by atoms with Crippen molar-refractivity contribution in [2.45, 2.75) is 45.6 Å². The fourth-order valence-corrected chi connectivity index (χ4v) is 4.27. The van der Waals surface area contributed by atoms with Crippen molar-refractivity contribution < 1.29 is 14.3 Å². The molecule has 1 heterocycles. The number of fused-ring (bicyclic) bond motifs is 1. The fourth-order valence-electron chi connectivity index (χ4n) is 4.10. The van der Waals surface area contributed by atoms with Crippen LogP contribution in [0.2, 0.25) is 5.02 Å². The lowest BCUT2D eigenvalue weighted by Gasteiger charge is -2.47. The number of carboxylic acids is 1. The smallest absolute Gasteiger partial charge is 0.335 e. The highest BCUT2D eigenvalue weighted by Gasteiger charge is 2.36. The molecule has 2 aromatic carbocycles. The molecule has 1 atom stereocenters. The molecule has 28 heavy (non-hydrogen) atoms. The van der Waals surface area contributed by atoms with Crippen molar-refractivity contribution in [1.82, 2.24) is 0 Å². The molecule has 0 fully saturated rings. The molecule has 0 aromatic heterocycles. The van der Waals surface area contributed by atoms with Gasteiger partial charge in [0, 0.05) is 29.5 Å². The molecule has 1 aliphatic rings. The average molecular weight is 403 g/mol. The monoisotopic (exact) mass is 402 g/mol. The van der Waals surface area contributed by atoms with Gasteiger partial charge in [-0.1, -0.05) is 18.5 Å². The number of nitrogens with zero attached hydrogens (tertiary/aromatic N) is 2. The van der Waals surface area contributed by atoms with Gasteiger partial charge in [-0.2, -0.15) is 0 Å². The minimum Gasteiger partial charge on any atom is -0.478 e. The van der Waals surface area contributed by atoms with E-state index in [2.05, 4.69) is 37.6 Å². The van der Waals surface area contributed by atoms with Gasteiger partial charge in [-0.05, 0) is 69.0 Å². The number of carbonyl (C=O) groups is 1. The van der Waals surface area contributed by atoms with Crippen LogP contribution in [0.5, 0.6) is 0 Å². The van der Waals surface area contributed by atoms with Crippen LogP contribution >= 0.6 is 11.6 Å². The van der Waals surface area contributed by atoms with E-state index in [1.165, 1.54) is 24.4 Å². The number of aromatic carboxylic acids is 1.